The topological polar surface area (TPSA) is 315 Å². The van der Waals surface area contributed by atoms with Crippen LogP contribution in [0.15, 0.2) is 146 Å². The lowest BCUT2D eigenvalue weighted by atomic mass is 9.82. The third-order valence-corrected chi connectivity index (χ3v) is 15.8. The van der Waals surface area contributed by atoms with Crippen LogP contribution in [0.4, 0.5) is 4.79 Å². The van der Waals surface area contributed by atoms with Crippen LogP contribution in [0.25, 0.3) is 11.1 Å². The van der Waals surface area contributed by atoms with Crippen molar-refractivity contribution in [2.24, 2.45) is 17.8 Å². The average molecular weight is 1160 g/mol. The molecule has 19 heteroatoms. The van der Waals surface area contributed by atoms with Crippen LogP contribution >= 0.6 is 0 Å². The first-order valence-corrected chi connectivity index (χ1v) is 28.8. The highest BCUT2D eigenvalue weighted by molar-refractivity contribution is 5.79. The van der Waals surface area contributed by atoms with E-state index in [-0.39, 0.29) is 44.1 Å². The normalized spacial score (nSPS) is 36.1. The summed E-state index contributed by atoms with van der Waals surface area (Å²) in [6.07, 6.45) is 6.73. The number of nitrogens with one attached hydrogen (secondary N) is 1. The smallest absolute Gasteiger partial charge is 0.407 e. The second-order valence-electron chi connectivity index (χ2n) is 22.3. The molecule has 0 radical (unpaired) electrons. The molecule has 1 aliphatic carbocycles. The summed E-state index contributed by atoms with van der Waals surface area (Å²) in [6.45, 7) is 6.36. The SMILES string of the molecule is C[C@@H]1[C@H](O)[C@@H](C)C=CC=CC=CC=CC=CC=CC=C[C@H](O[C@@H]2O[C@H](C)[C@@H](O)[C@H](NC(=O)OCC3c4ccccc4-c4ccccc43)[C@@H]2O)C[C@@H]2O[C@](O)(C[C@@H](O)C[C@@H](O)[C@H](O)CC[C@@H](O)C[C@@H](O)CC(=O)O[C@H]1C)C[C@H](O)[C@H]2/C=C/CO. The highest BCUT2D eigenvalue weighted by Crippen LogP contribution is 2.45. The Morgan fingerprint density at radius 1 is 0.663 bits per heavy atom. The zero-order chi connectivity index (χ0) is 60.2. The Hall–Kier alpha value is -5.46. The molecule has 3 aliphatic heterocycles. The number of carbonyl (C=O) groups excluding carboxylic acids is 2. The Kier molecular flexibility index (Phi) is 26.3. The Labute approximate surface area is 486 Å². The number of ether oxygens (including phenoxy) is 5. The van der Waals surface area contributed by atoms with Crippen molar-refractivity contribution >= 4 is 12.1 Å². The fourth-order valence-corrected chi connectivity index (χ4v) is 11.1. The second-order valence-corrected chi connectivity index (χ2v) is 22.3. The van der Waals surface area contributed by atoms with Crippen molar-refractivity contribution < 1.29 is 89.4 Å². The molecule has 2 aromatic rings. The third kappa shape index (κ3) is 19.8. The van der Waals surface area contributed by atoms with Crippen LogP contribution in [0.2, 0.25) is 0 Å². The maximum absolute atomic E-state index is 13.5. The first-order chi connectivity index (χ1) is 39.7. The number of hydrogen-bond donors (Lipinski definition) is 12. The van der Waals surface area contributed by atoms with Crippen molar-refractivity contribution in [2.75, 3.05) is 13.2 Å². The number of rotatable bonds is 7. The molecular weight excluding hydrogens is 1070 g/mol. The number of allylic oxidation sites excluding steroid dienone is 12. The maximum atomic E-state index is 13.5. The van der Waals surface area contributed by atoms with Crippen molar-refractivity contribution in [3.05, 3.63) is 157 Å². The maximum Gasteiger partial charge on any atom is 0.407 e. The van der Waals surface area contributed by atoms with E-state index in [2.05, 4.69) is 5.32 Å². The molecule has 2 aromatic carbocycles. The fourth-order valence-electron chi connectivity index (χ4n) is 11.1. The molecule has 12 N–H and O–H groups in total. The first kappa shape index (κ1) is 66.7. The Morgan fingerprint density at radius 3 is 1.87 bits per heavy atom. The fraction of sp³-hybridized carbons (Fsp3) is 0.531. The Morgan fingerprint density at radius 2 is 1.25 bits per heavy atom. The summed E-state index contributed by atoms with van der Waals surface area (Å²) >= 11 is 0. The number of carbonyl (C=O) groups is 2. The number of benzene rings is 2. The lowest BCUT2D eigenvalue weighted by molar-refractivity contribution is -0.306. The molecule has 6 rings (SSSR count). The minimum atomic E-state index is -2.22. The summed E-state index contributed by atoms with van der Waals surface area (Å²) in [5, 5.41) is 125. The van der Waals surface area contributed by atoms with Crippen LogP contribution in [-0.4, -0.2) is 179 Å². The molecule has 2 saturated heterocycles. The predicted molar refractivity (Wildman–Crippen MR) is 310 cm³/mol. The second kappa shape index (κ2) is 32.7. The Balaban J connectivity index is 1.20. The van der Waals surface area contributed by atoms with Crippen molar-refractivity contribution in [3.63, 3.8) is 0 Å². The van der Waals surface area contributed by atoms with Gasteiger partial charge in [0.15, 0.2) is 12.1 Å². The molecule has 19 nitrogen and oxygen atoms in total. The third-order valence-electron chi connectivity index (χ3n) is 15.8. The highest BCUT2D eigenvalue weighted by atomic mass is 16.7. The molecule has 0 unspecified atom stereocenters. The number of alkyl carbamates (subject to hydrolysis) is 1. The van der Waals surface area contributed by atoms with Gasteiger partial charge in [-0.05, 0) is 55.4 Å². The van der Waals surface area contributed by atoms with Gasteiger partial charge in [0.25, 0.3) is 0 Å². The summed E-state index contributed by atoms with van der Waals surface area (Å²) in [4.78, 5) is 26.3. The van der Waals surface area contributed by atoms with Gasteiger partial charge in [0.05, 0.1) is 80.1 Å². The number of esters is 1. The minimum absolute atomic E-state index is 0.0273. The van der Waals surface area contributed by atoms with E-state index in [1.165, 1.54) is 12.2 Å². The monoisotopic (exact) mass is 1160 g/mol. The molecule has 0 aromatic heterocycles. The predicted octanol–water partition coefficient (Wildman–Crippen LogP) is 4.76. The molecule has 2 bridgehead atoms. The molecule has 4 aliphatic rings. The molecule has 2 fully saturated rings. The molecule has 0 spiro atoms. The summed E-state index contributed by atoms with van der Waals surface area (Å²) in [5.41, 5.74) is 4.07. The highest BCUT2D eigenvalue weighted by Gasteiger charge is 2.49. The molecule has 0 saturated carbocycles. The molecule has 83 heavy (non-hydrogen) atoms. The zero-order valence-electron chi connectivity index (χ0n) is 47.7. The van der Waals surface area contributed by atoms with E-state index in [4.69, 9.17) is 23.7 Å². The van der Waals surface area contributed by atoms with Crippen molar-refractivity contribution in [1.29, 1.82) is 0 Å². The van der Waals surface area contributed by atoms with Crippen LogP contribution in [0.5, 0.6) is 0 Å². The van der Waals surface area contributed by atoms with Gasteiger partial charge in [0.2, 0.25) is 0 Å². The van der Waals surface area contributed by atoms with Crippen molar-refractivity contribution in [1.82, 2.24) is 5.32 Å². The minimum Gasteiger partial charge on any atom is -0.462 e. The van der Waals surface area contributed by atoms with E-state index in [0.717, 1.165) is 22.3 Å². The number of hydrogen-bond acceptors (Lipinski definition) is 18. The summed E-state index contributed by atoms with van der Waals surface area (Å²) < 4.78 is 30.1. The molecule has 456 valence electrons. The van der Waals surface area contributed by atoms with E-state index < -0.39 is 154 Å². The molecule has 19 atom stereocenters. The van der Waals surface area contributed by atoms with E-state index in [1.807, 2.05) is 98.0 Å². The summed E-state index contributed by atoms with van der Waals surface area (Å²) in [6, 6.07) is 14.4. The number of cyclic esters (lactones) is 1. The van der Waals surface area contributed by atoms with Crippen LogP contribution < -0.4 is 5.32 Å². The van der Waals surface area contributed by atoms with Gasteiger partial charge in [-0.3, -0.25) is 4.79 Å². The average Bonchev–Trinajstić information content (AvgIpc) is 4.02. The van der Waals surface area contributed by atoms with Gasteiger partial charge in [0.1, 0.15) is 24.9 Å². The summed E-state index contributed by atoms with van der Waals surface area (Å²) in [7, 11) is 0. The van der Waals surface area contributed by atoms with E-state index in [1.54, 1.807) is 63.3 Å². The lowest BCUT2D eigenvalue weighted by Crippen LogP contribution is -2.64. The molecule has 1 amide bonds. The number of amides is 1. The van der Waals surface area contributed by atoms with Crippen LogP contribution in [0.1, 0.15) is 96.1 Å². The van der Waals surface area contributed by atoms with Gasteiger partial charge in [-0.2, -0.15) is 0 Å². The standard InChI is InChI=1S/C64H87NO18/c1-39-22-15-13-11-9-7-5-6-8-10-12-14-16-23-46(82-62-61(76)58(60(75)42(4)81-62)65-63(77)79-38-52-49-26-19-17-24-47(49)48-25-18-20-27-50(48)52)35-56-51(28-21-31-66)55(72)37-64(78,83-56)36-45(69)33-54(71)53(70)30-29-43(67)32-44(68)34-57(73)80-41(3)40(2)59(39)74/h5-28,39-46,51-56,58-62,66-72,74-76,78H,29-38H2,1-4H3,(H,65,77)/b6-5?,9-7?,10-8?,13-11?,14-12?,22-15?,23-16?,28-21+/t39-,40-,41-,42+,43+,44+,45-,46-,51+,53+,54+,55-,56-,58-,59+,60+,61-,62-,64+/m0/s1. The van der Waals surface area contributed by atoms with Gasteiger partial charge >= 0.3 is 12.1 Å². The number of fused-ring (bicyclic) bond motifs is 5. The number of aliphatic hydroxyl groups excluding tert-OH is 10. The van der Waals surface area contributed by atoms with Gasteiger partial charge in [-0.25, -0.2) is 4.79 Å². The van der Waals surface area contributed by atoms with Crippen molar-refractivity contribution in [3.8, 4) is 11.1 Å². The van der Waals surface area contributed by atoms with Gasteiger partial charge in [0, 0.05) is 49.4 Å². The van der Waals surface area contributed by atoms with E-state index >= 15 is 0 Å². The zero-order valence-corrected chi connectivity index (χ0v) is 47.7. The number of aliphatic hydroxyl groups is 11. The molecular formula is C64H87NO18. The van der Waals surface area contributed by atoms with Gasteiger partial charge < -0.3 is 85.2 Å². The van der Waals surface area contributed by atoms with E-state index in [0.29, 0.717) is 0 Å². The lowest BCUT2D eigenvalue weighted by Gasteiger charge is -2.46. The summed E-state index contributed by atoms with van der Waals surface area (Å²) in [5.74, 6) is -4.82. The quantitative estimate of drug-likeness (QED) is 0.131. The van der Waals surface area contributed by atoms with Crippen LogP contribution in [-0.2, 0) is 28.5 Å². The van der Waals surface area contributed by atoms with Crippen LogP contribution in [0, 0.1) is 17.8 Å². The first-order valence-electron chi connectivity index (χ1n) is 28.8. The van der Waals surface area contributed by atoms with Crippen LogP contribution in [0.3, 0.4) is 0 Å². The molecule has 3 heterocycles. The van der Waals surface area contributed by atoms with E-state index in [9.17, 15) is 65.8 Å². The van der Waals surface area contributed by atoms with Crippen molar-refractivity contribution in [2.45, 2.75) is 182 Å². The largest absolute Gasteiger partial charge is 0.462 e. The van der Waals surface area contributed by atoms with Gasteiger partial charge in [-0.1, -0.05) is 160 Å². The van der Waals surface area contributed by atoms with Gasteiger partial charge in [-0.15, -0.1) is 0 Å². The Bertz CT molecular complexity index is 2550.